The molecule has 2 saturated heterocycles. The molecule has 0 aromatic carbocycles. The zero-order valence-corrected chi connectivity index (χ0v) is 17.9. The van der Waals surface area contributed by atoms with E-state index < -0.39 is 11.2 Å². The first-order valence-electron chi connectivity index (χ1n) is 10.4. The number of carbonyl (C=O) groups excluding carboxylic acids is 1. The lowest BCUT2D eigenvalue weighted by molar-refractivity contribution is -0.318. The fraction of sp³-hybridized carbons (Fsp3) is 0.955. The predicted molar refractivity (Wildman–Crippen MR) is 102 cm³/mol. The lowest BCUT2D eigenvalue weighted by Gasteiger charge is -2.49. The molecule has 1 saturated carbocycles. The van der Waals surface area contributed by atoms with Crippen LogP contribution in [0.2, 0.25) is 0 Å². The van der Waals surface area contributed by atoms with Crippen molar-refractivity contribution in [3.05, 3.63) is 0 Å². The first-order chi connectivity index (χ1) is 11.9. The second-order valence-electron chi connectivity index (χ2n) is 10.9. The molecule has 0 amide bonds. The maximum Gasteiger partial charge on any atom is 0.313 e. The molecule has 0 aromatic rings. The molecule has 3 aliphatic rings. The van der Waals surface area contributed by atoms with Gasteiger partial charge in [-0.3, -0.25) is 4.79 Å². The van der Waals surface area contributed by atoms with Gasteiger partial charge in [0.25, 0.3) is 0 Å². The Kier molecular flexibility index (Phi) is 4.80. The van der Waals surface area contributed by atoms with Crippen LogP contribution in [0.5, 0.6) is 0 Å². The van der Waals surface area contributed by atoms with E-state index in [0.29, 0.717) is 5.92 Å². The van der Waals surface area contributed by atoms with E-state index in [4.69, 9.17) is 14.2 Å². The average Bonchev–Trinajstić information content (AvgIpc) is 2.86. The molecule has 1 aliphatic carbocycles. The van der Waals surface area contributed by atoms with Crippen molar-refractivity contribution in [2.24, 2.45) is 22.2 Å². The van der Waals surface area contributed by atoms with Gasteiger partial charge in [-0.15, -0.1) is 0 Å². The topological polar surface area (TPSA) is 44.8 Å². The Labute approximate surface area is 159 Å². The highest BCUT2D eigenvalue weighted by atomic mass is 16.7. The van der Waals surface area contributed by atoms with Crippen LogP contribution in [-0.2, 0) is 19.0 Å². The van der Waals surface area contributed by atoms with Crippen LogP contribution in [-0.4, -0.2) is 30.6 Å². The fourth-order valence-corrected chi connectivity index (χ4v) is 5.33. The Bertz CT molecular complexity index is 539. The van der Waals surface area contributed by atoms with E-state index in [1.54, 1.807) is 0 Å². The summed E-state index contributed by atoms with van der Waals surface area (Å²) >= 11 is 0. The molecule has 4 heteroatoms. The summed E-state index contributed by atoms with van der Waals surface area (Å²) in [6.07, 6.45) is 5.14. The minimum atomic E-state index is -0.462. The second-order valence-corrected chi connectivity index (χ2v) is 10.9. The van der Waals surface area contributed by atoms with Crippen LogP contribution in [0.4, 0.5) is 0 Å². The van der Waals surface area contributed by atoms with Crippen LogP contribution in [0, 0.1) is 22.2 Å². The molecule has 4 nitrogen and oxygen atoms in total. The number of esters is 1. The molecule has 0 bridgehead atoms. The summed E-state index contributed by atoms with van der Waals surface area (Å²) < 4.78 is 18.5. The van der Waals surface area contributed by atoms with Gasteiger partial charge in [-0.25, -0.2) is 0 Å². The van der Waals surface area contributed by atoms with E-state index in [1.807, 2.05) is 0 Å². The molecule has 2 unspecified atom stereocenters. The molecule has 2 heterocycles. The quantitative estimate of drug-likeness (QED) is 0.638. The summed E-state index contributed by atoms with van der Waals surface area (Å²) in [7, 11) is 0. The van der Waals surface area contributed by atoms with Crippen molar-refractivity contribution in [1.82, 2.24) is 0 Å². The summed E-state index contributed by atoms with van der Waals surface area (Å²) in [5, 5.41) is 0. The Morgan fingerprint density at radius 1 is 1.04 bits per heavy atom. The van der Waals surface area contributed by atoms with E-state index in [0.717, 1.165) is 51.7 Å². The summed E-state index contributed by atoms with van der Waals surface area (Å²) in [6.45, 7) is 16.8. The standard InChI is InChI=1S/C22H38O4/c1-8-16(2)22(18(3,4)5)13-20(26-17(22)23)9-11-21(12-10-20)24-14-19(6,7)15-25-21/h16H,8-15H2,1-7H3. The number of ether oxygens (including phenoxy) is 3. The maximum atomic E-state index is 13.2. The number of carbonyl (C=O) groups is 1. The molecule has 26 heavy (non-hydrogen) atoms. The molecule has 2 atom stereocenters. The van der Waals surface area contributed by atoms with Gasteiger partial charge >= 0.3 is 5.97 Å². The van der Waals surface area contributed by atoms with Crippen molar-refractivity contribution >= 4 is 5.97 Å². The summed E-state index contributed by atoms with van der Waals surface area (Å²) in [6, 6.07) is 0. The number of hydrogen-bond donors (Lipinski definition) is 0. The van der Waals surface area contributed by atoms with E-state index in [1.165, 1.54) is 0 Å². The largest absolute Gasteiger partial charge is 0.459 e. The first-order valence-corrected chi connectivity index (χ1v) is 10.4. The van der Waals surface area contributed by atoms with Crippen molar-refractivity contribution in [2.45, 2.75) is 98.4 Å². The predicted octanol–water partition coefficient (Wildman–Crippen LogP) is 5.09. The van der Waals surface area contributed by atoms with Crippen molar-refractivity contribution in [1.29, 1.82) is 0 Å². The zero-order chi connectivity index (χ0) is 19.4. The Morgan fingerprint density at radius 3 is 2.04 bits per heavy atom. The average molecular weight is 367 g/mol. The highest BCUT2D eigenvalue weighted by molar-refractivity contribution is 5.81. The zero-order valence-electron chi connectivity index (χ0n) is 17.9. The van der Waals surface area contributed by atoms with Crippen molar-refractivity contribution in [2.75, 3.05) is 13.2 Å². The van der Waals surface area contributed by atoms with E-state index in [-0.39, 0.29) is 22.4 Å². The van der Waals surface area contributed by atoms with E-state index in [2.05, 4.69) is 48.5 Å². The normalized spacial score (nSPS) is 34.0. The van der Waals surface area contributed by atoms with Gasteiger partial charge in [0.15, 0.2) is 5.79 Å². The molecule has 3 fully saturated rings. The fourth-order valence-electron chi connectivity index (χ4n) is 5.33. The summed E-state index contributed by atoms with van der Waals surface area (Å²) in [4.78, 5) is 13.2. The van der Waals surface area contributed by atoms with Gasteiger partial charge in [-0.2, -0.15) is 0 Å². The van der Waals surface area contributed by atoms with Crippen molar-refractivity contribution < 1.29 is 19.0 Å². The van der Waals surface area contributed by atoms with Crippen molar-refractivity contribution in [3.8, 4) is 0 Å². The van der Waals surface area contributed by atoms with Crippen LogP contribution in [0.3, 0.4) is 0 Å². The van der Waals surface area contributed by atoms with Crippen LogP contribution in [0.1, 0.15) is 87.0 Å². The van der Waals surface area contributed by atoms with Gasteiger partial charge in [0.2, 0.25) is 0 Å². The van der Waals surface area contributed by atoms with E-state index in [9.17, 15) is 4.79 Å². The molecule has 2 aliphatic heterocycles. The molecule has 0 radical (unpaired) electrons. The maximum absolute atomic E-state index is 13.2. The minimum absolute atomic E-state index is 0.0157. The molecule has 3 rings (SSSR count). The summed E-state index contributed by atoms with van der Waals surface area (Å²) in [5.74, 6) is -0.133. The third kappa shape index (κ3) is 3.11. The van der Waals surface area contributed by atoms with Crippen molar-refractivity contribution in [3.63, 3.8) is 0 Å². The molecular weight excluding hydrogens is 328 g/mol. The first kappa shape index (κ1) is 20.1. The highest BCUT2D eigenvalue weighted by Crippen LogP contribution is 2.60. The van der Waals surface area contributed by atoms with Crippen LogP contribution < -0.4 is 0 Å². The third-order valence-electron chi connectivity index (χ3n) is 7.44. The minimum Gasteiger partial charge on any atom is -0.459 e. The molecule has 0 N–H and O–H groups in total. The van der Waals surface area contributed by atoms with Gasteiger partial charge in [0, 0.05) is 24.7 Å². The highest BCUT2D eigenvalue weighted by Gasteiger charge is 2.65. The van der Waals surface area contributed by atoms with Gasteiger partial charge < -0.3 is 14.2 Å². The Balaban J connectivity index is 1.77. The van der Waals surface area contributed by atoms with Gasteiger partial charge in [0.05, 0.1) is 18.6 Å². The number of hydrogen-bond acceptors (Lipinski definition) is 4. The molecular formula is C22H38O4. The third-order valence-corrected chi connectivity index (χ3v) is 7.44. The van der Waals surface area contributed by atoms with Gasteiger partial charge in [-0.1, -0.05) is 54.9 Å². The second kappa shape index (κ2) is 6.20. The monoisotopic (exact) mass is 366 g/mol. The molecule has 2 spiro atoms. The lowest BCUT2D eigenvalue weighted by atomic mass is 9.56. The molecule has 150 valence electrons. The Morgan fingerprint density at radius 2 is 1.58 bits per heavy atom. The molecule has 0 aromatic heterocycles. The Hall–Kier alpha value is -0.610. The van der Waals surface area contributed by atoms with Crippen LogP contribution >= 0.6 is 0 Å². The SMILES string of the molecule is CCC(C)C1(C(C)(C)C)CC2(CCC3(CC2)OCC(C)(C)CO3)OC1=O. The van der Waals surface area contributed by atoms with Crippen LogP contribution in [0.25, 0.3) is 0 Å². The van der Waals surface area contributed by atoms with Gasteiger partial charge in [0.1, 0.15) is 5.60 Å². The smallest absolute Gasteiger partial charge is 0.313 e. The number of rotatable bonds is 2. The van der Waals surface area contributed by atoms with E-state index >= 15 is 0 Å². The summed E-state index contributed by atoms with van der Waals surface area (Å²) in [5.41, 5.74) is -0.764. The van der Waals surface area contributed by atoms with Gasteiger partial charge in [-0.05, 0) is 24.2 Å². The van der Waals surface area contributed by atoms with Crippen LogP contribution in [0.15, 0.2) is 0 Å². The lowest BCUT2D eigenvalue weighted by Crippen LogP contribution is -2.52.